The van der Waals surface area contributed by atoms with Gasteiger partial charge in [-0.1, -0.05) is 24.3 Å². The Labute approximate surface area is 186 Å². The molecule has 0 aliphatic carbocycles. The van der Waals surface area contributed by atoms with Crippen molar-refractivity contribution in [1.29, 1.82) is 0 Å². The van der Waals surface area contributed by atoms with Gasteiger partial charge in [-0.15, -0.1) is 0 Å². The lowest BCUT2D eigenvalue weighted by Gasteiger charge is -2.18. The molecule has 1 aliphatic rings. The van der Waals surface area contributed by atoms with Crippen molar-refractivity contribution in [2.75, 3.05) is 23.9 Å². The zero-order valence-corrected chi connectivity index (χ0v) is 18.2. The highest BCUT2D eigenvalue weighted by Crippen LogP contribution is 2.29. The van der Waals surface area contributed by atoms with Gasteiger partial charge in [0, 0.05) is 24.7 Å². The van der Waals surface area contributed by atoms with Crippen LogP contribution < -0.4 is 19.7 Å². The first-order valence-electron chi connectivity index (χ1n) is 10.3. The zero-order chi connectivity index (χ0) is 22.7. The maximum atomic E-state index is 12.9. The summed E-state index contributed by atoms with van der Waals surface area (Å²) in [6.45, 7) is 3.86. The average Bonchev–Trinajstić information content (AvgIpc) is 3.18. The Bertz CT molecular complexity index is 1130. The number of carbonyl (C=O) groups excluding carboxylic acids is 2. The fourth-order valence-electron chi connectivity index (χ4n) is 3.64. The number of benzene rings is 2. The second-order valence-corrected chi connectivity index (χ2v) is 7.56. The second kappa shape index (κ2) is 9.05. The molecule has 0 bridgehead atoms. The topological polar surface area (TPSA) is 93.7 Å². The van der Waals surface area contributed by atoms with Crippen LogP contribution in [-0.4, -0.2) is 35.4 Å². The number of methoxy groups -OCH3 is 1. The van der Waals surface area contributed by atoms with E-state index >= 15 is 0 Å². The number of nitrogens with one attached hydrogen (secondary N) is 1. The molecular weight excluding hydrogens is 408 g/mol. The number of carbonyl (C=O) groups is 2. The van der Waals surface area contributed by atoms with Crippen LogP contribution in [0.15, 0.2) is 54.6 Å². The summed E-state index contributed by atoms with van der Waals surface area (Å²) in [7, 11) is 1.57. The van der Waals surface area contributed by atoms with Crippen LogP contribution in [0.3, 0.4) is 0 Å². The Hall–Kier alpha value is -3.94. The highest BCUT2D eigenvalue weighted by molar-refractivity contribution is 6.03. The summed E-state index contributed by atoms with van der Waals surface area (Å²) in [6.07, 6.45) is 0.136. The van der Waals surface area contributed by atoms with Crippen molar-refractivity contribution >= 4 is 23.2 Å². The molecule has 8 nitrogen and oxygen atoms in total. The molecule has 1 N–H and O–H groups in total. The van der Waals surface area contributed by atoms with E-state index in [0.29, 0.717) is 40.8 Å². The van der Waals surface area contributed by atoms with E-state index < -0.39 is 5.92 Å². The highest BCUT2D eigenvalue weighted by atomic mass is 16.5. The van der Waals surface area contributed by atoms with Gasteiger partial charge in [0.05, 0.1) is 30.1 Å². The minimum absolute atomic E-state index is 0.102. The molecule has 1 unspecified atom stereocenters. The molecule has 164 valence electrons. The first kappa shape index (κ1) is 21.3. The number of amides is 2. The van der Waals surface area contributed by atoms with E-state index in [0.717, 1.165) is 0 Å². The van der Waals surface area contributed by atoms with Crippen molar-refractivity contribution in [2.24, 2.45) is 5.92 Å². The Balaban J connectivity index is 1.46. The number of ether oxygens (including phenoxy) is 2. The van der Waals surface area contributed by atoms with E-state index in [1.54, 1.807) is 31.9 Å². The minimum atomic E-state index is -0.479. The maximum Gasteiger partial charge on any atom is 0.322 e. The fourth-order valence-corrected chi connectivity index (χ4v) is 3.64. The molecule has 1 atom stereocenters. The van der Waals surface area contributed by atoms with E-state index in [2.05, 4.69) is 15.3 Å². The highest BCUT2D eigenvalue weighted by Gasteiger charge is 2.35. The van der Waals surface area contributed by atoms with Crippen molar-refractivity contribution in [1.82, 2.24) is 9.97 Å². The number of aromatic nitrogens is 2. The molecule has 2 amide bonds. The van der Waals surface area contributed by atoms with Gasteiger partial charge in [0.2, 0.25) is 11.8 Å². The van der Waals surface area contributed by atoms with E-state index in [4.69, 9.17) is 9.47 Å². The average molecular weight is 432 g/mol. The summed E-state index contributed by atoms with van der Waals surface area (Å²) < 4.78 is 10.9. The van der Waals surface area contributed by atoms with Gasteiger partial charge >= 0.3 is 6.01 Å². The van der Waals surface area contributed by atoms with Gasteiger partial charge in [0.25, 0.3) is 0 Å². The number of para-hydroxylation sites is 1. The van der Waals surface area contributed by atoms with Crippen molar-refractivity contribution in [3.63, 3.8) is 0 Å². The Kier molecular flexibility index (Phi) is 6.02. The molecule has 8 heteroatoms. The molecule has 1 aromatic heterocycles. The molecule has 1 fully saturated rings. The standard InChI is InChI=1S/C24H24N4O4/c1-15-22(16(2)26-24(25-15)32-19-9-5-4-6-10-19)27-23(30)17-12-21(29)28(14-17)18-8-7-11-20(13-18)31-3/h4-11,13,17H,12,14H2,1-3H3,(H,27,30). The van der Waals surface area contributed by atoms with Gasteiger partial charge in [-0.3, -0.25) is 9.59 Å². The van der Waals surface area contributed by atoms with Crippen LogP contribution in [0.4, 0.5) is 11.4 Å². The number of rotatable bonds is 6. The van der Waals surface area contributed by atoms with Crippen molar-refractivity contribution < 1.29 is 19.1 Å². The van der Waals surface area contributed by atoms with Crippen LogP contribution in [0.2, 0.25) is 0 Å². The van der Waals surface area contributed by atoms with Crippen molar-refractivity contribution in [3.05, 3.63) is 66.0 Å². The zero-order valence-electron chi connectivity index (χ0n) is 18.2. The monoisotopic (exact) mass is 432 g/mol. The Morgan fingerprint density at radius 3 is 2.41 bits per heavy atom. The minimum Gasteiger partial charge on any atom is -0.497 e. The molecule has 2 heterocycles. The summed E-state index contributed by atoms with van der Waals surface area (Å²) in [5.41, 5.74) is 2.42. The van der Waals surface area contributed by atoms with Crippen molar-refractivity contribution in [3.8, 4) is 17.5 Å². The fraction of sp³-hybridized carbons (Fsp3) is 0.250. The molecule has 32 heavy (non-hydrogen) atoms. The van der Waals surface area contributed by atoms with Gasteiger partial charge < -0.3 is 19.7 Å². The molecule has 0 saturated carbocycles. The molecule has 4 rings (SSSR count). The van der Waals surface area contributed by atoms with Crippen LogP contribution >= 0.6 is 0 Å². The summed E-state index contributed by atoms with van der Waals surface area (Å²) >= 11 is 0. The lowest BCUT2D eigenvalue weighted by Crippen LogP contribution is -2.28. The predicted molar refractivity (Wildman–Crippen MR) is 120 cm³/mol. The van der Waals surface area contributed by atoms with E-state index in [-0.39, 0.29) is 24.2 Å². The molecular formula is C24H24N4O4. The molecule has 0 radical (unpaired) electrons. The molecule has 0 spiro atoms. The van der Waals surface area contributed by atoms with Gasteiger partial charge in [-0.2, -0.15) is 9.97 Å². The summed E-state index contributed by atoms with van der Waals surface area (Å²) in [4.78, 5) is 35.8. The summed E-state index contributed by atoms with van der Waals surface area (Å²) in [5, 5.41) is 2.90. The van der Waals surface area contributed by atoms with Gasteiger partial charge in [0.1, 0.15) is 11.5 Å². The molecule has 3 aromatic rings. The maximum absolute atomic E-state index is 12.9. The largest absolute Gasteiger partial charge is 0.497 e. The first-order chi connectivity index (χ1) is 15.4. The van der Waals surface area contributed by atoms with Crippen molar-refractivity contribution in [2.45, 2.75) is 20.3 Å². The number of nitrogens with zero attached hydrogens (tertiary/aromatic N) is 3. The van der Waals surface area contributed by atoms with E-state index in [9.17, 15) is 9.59 Å². The number of hydrogen-bond donors (Lipinski definition) is 1. The number of hydrogen-bond acceptors (Lipinski definition) is 6. The van der Waals surface area contributed by atoms with Crippen LogP contribution in [0.25, 0.3) is 0 Å². The number of anilines is 2. The third-order valence-corrected chi connectivity index (χ3v) is 5.31. The van der Waals surface area contributed by atoms with Crippen LogP contribution in [-0.2, 0) is 9.59 Å². The Morgan fingerprint density at radius 1 is 1.03 bits per heavy atom. The quantitative estimate of drug-likeness (QED) is 0.635. The predicted octanol–water partition coefficient (Wildman–Crippen LogP) is 3.89. The third kappa shape index (κ3) is 4.54. The van der Waals surface area contributed by atoms with E-state index in [1.807, 2.05) is 48.5 Å². The van der Waals surface area contributed by atoms with Crippen LogP contribution in [0, 0.1) is 19.8 Å². The second-order valence-electron chi connectivity index (χ2n) is 7.56. The van der Waals surface area contributed by atoms with Gasteiger partial charge in [-0.05, 0) is 38.1 Å². The third-order valence-electron chi connectivity index (χ3n) is 5.31. The lowest BCUT2D eigenvalue weighted by atomic mass is 10.1. The van der Waals surface area contributed by atoms with Gasteiger partial charge in [0.15, 0.2) is 0 Å². The molecule has 2 aromatic carbocycles. The Morgan fingerprint density at radius 2 is 1.72 bits per heavy atom. The first-order valence-corrected chi connectivity index (χ1v) is 10.3. The molecule has 1 saturated heterocycles. The summed E-state index contributed by atoms with van der Waals surface area (Å²) in [5.74, 6) is 0.465. The van der Waals surface area contributed by atoms with Crippen LogP contribution in [0.1, 0.15) is 17.8 Å². The lowest BCUT2D eigenvalue weighted by molar-refractivity contribution is -0.122. The SMILES string of the molecule is COc1cccc(N2CC(C(=O)Nc3c(C)nc(Oc4ccccc4)nc3C)CC2=O)c1. The van der Waals surface area contributed by atoms with E-state index in [1.165, 1.54) is 0 Å². The molecule has 1 aliphatic heterocycles. The summed E-state index contributed by atoms with van der Waals surface area (Å²) in [6, 6.07) is 16.7. The van der Waals surface area contributed by atoms with Crippen LogP contribution in [0.5, 0.6) is 17.5 Å². The normalized spacial score (nSPS) is 15.5. The smallest absolute Gasteiger partial charge is 0.322 e. The number of aryl methyl sites for hydroxylation is 2. The van der Waals surface area contributed by atoms with Gasteiger partial charge in [-0.25, -0.2) is 0 Å².